The molecule has 0 aliphatic heterocycles. The first kappa shape index (κ1) is 12.9. The number of carbonyl (C=O) groups excluding carboxylic acids is 1. The summed E-state index contributed by atoms with van der Waals surface area (Å²) >= 11 is 0. The SMILES string of the molecule is CN(Cc1ccccc1)C(=O)c1n[nH]c2c1CCCC2. The van der Waals surface area contributed by atoms with E-state index in [9.17, 15) is 4.79 Å². The van der Waals surface area contributed by atoms with Crippen LogP contribution in [0.25, 0.3) is 0 Å². The van der Waals surface area contributed by atoms with Gasteiger partial charge in [-0.15, -0.1) is 0 Å². The van der Waals surface area contributed by atoms with E-state index in [4.69, 9.17) is 0 Å². The molecule has 3 rings (SSSR count). The third-order valence-electron chi connectivity index (χ3n) is 3.87. The number of fused-ring (bicyclic) bond motifs is 1. The van der Waals surface area contributed by atoms with Gasteiger partial charge in [0.05, 0.1) is 0 Å². The number of aryl methyl sites for hydroxylation is 1. The van der Waals surface area contributed by atoms with Crippen molar-refractivity contribution in [3.05, 3.63) is 52.8 Å². The van der Waals surface area contributed by atoms with E-state index in [0.717, 1.165) is 36.1 Å². The molecule has 1 heterocycles. The van der Waals surface area contributed by atoms with Gasteiger partial charge in [-0.05, 0) is 31.2 Å². The number of rotatable bonds is 3. The number of carbonyl (C=O) groups is 1. The fourth-order valence-corrected chi connectivity index (χ4v) is 2.77. The largest absolute Gasteiger partial charge is 0.336 e. The summed E-state index contributed by atoms with van der Waals surface area (Å²) in [6.45, 7) is 0.612. The van der Waals surface area contributed by atoms with Crippen LogP contribution in [0.4, 0.5) is 0 Å². The van der Waals surface area contributed by atoms with Crippen molar-refractivity contribution >= 4 is 5.91 Å². The van der Waals surface area contributed by atoms with E-state index in [1.165, 1.54) is 6.42 Å². The van der Waals surface area contributed by atoms with Crippen LogP contribution in [0, 0.1) is 0 Å². The second-order valence-corrected chi connectivity index (χ2v) is 5.38. The number of aromatic amines is 1. The molecule has 20 heavy (non-hydrogen) atoms. The maximum Gasteiger partial charge on any atom is 0.274 e. The minimum Gasteiger partial charge on any atom is -0.336 e. The van der Waals surface area contributed by atoms with Gasteiger partial charge in [0.1, 0.15) is 0 Å². The van der Waals surface area contributed by atoms with E-state index in [2.05, 4.69) is 10.2 Å². The van der Waals surface area contributed by atoms with Crippen LogP contribution in [0.1, 0.15) is 40.2 Å². The molecule has 0 radical (unpaired) electrons. The number of hydrogen-bond acceptors (Lipinski definition) is 2. The number of nitrogens with one attached hydrogen (secondary N) is 1. The second kappa shape index (κ2) is 5.49. The van der Waals surface area contributed by atoms with Gasteiger partial charge in [-0.1, -0.05) is 30.3 Å². The van der Waals surface area contributed by atoms with Crippen molar-refractivity contribution < 1.29 is 4.79 Å². The van der Waals surface area contributed by atoms with Gasteiger partial charge in [0, 0.05) is 24.8 Å². The lowest BCUT2D eigenvalue weighted by Gasteiger charge is -2.18. The van der Waals surface area contributed by atoms with E-state index in [-0.39, 0.29) is 5.91 Å². The summed E-state index contributed by atoms with van der Waals surface area (Å²) in [6, 6.07) is 10.0. The molecule has 0 fully saturated rings. The Morgan fingerprint density at radius 2 is 2.00 bits per heavy atom. The van der Waals surface area contributed by atoms with Crippen molar-refractivity contribution in [2.75, 3.05) is 7.05 Å². The normalized spacial score (nSPS) is 13.8. The molecule has 1 aromatic carbocycles. The van der Waals surface area contributed by atoms with Crippen molar-refractivity contribution in [3.63, 3.8) is 0 Å². The van der Waals surface area contributed by atoms with Crippen LogP contribution >= 0.6 is 0 Å². The molecule has 0 bridgehead atoms. The fourth-order valence-electron chi connectivity index (χ4n) is 2.77. The Bertz CT molecular complexity index is 603. The van der Waals surface area contributed by atoms with Crippen molar-refractivity contribution in [2.45, 2.75) is 32.2 Å². The number of hydrogen-bond donors (Lipinski definition) is 1. The van der Waals surface area contributed by atoms with Gasteiger partial charge in [0.15, 0.2) is 5.69 Å². The molecule has 0 unspecified atom stereocenters. The van der Waals surface area contributed by atoms with Crippen LogP contribution in [0.5, 0.6) is 0 Å². The van der Waals surface area contributed by atoms with Crippen LogP contribution < -0.4 is 0 Å². The number of benzene rings is 1. The molecule has 1 N–H and O–H groups in total. The second-order valence-electron chi connectivity index (χ2n) is 5.38. The van der Waals surface area contributed by atoms with E-state index < -0.39 is 0 Å². The molecule has 2 aromatic rings. The predicted octanol–water partition coefficient (Wildman–Crippen LogP) is 2.56. The number of amides is 1. The maximum atomic E-state index is 12.5. The number of nitrogens with zero attached hydrogens (tertiary/aromatic N) is 2. The Morgan fingerprint density at radius 1 is 1.25 bits per heavy atom. The molecule has 1 aliphatic rings. The van der Waals surface area contributed by atoms with Gasteiger partial charge in [-0.2, -0.15) is 5.10 Å². The molecule has 4 nitrogen and oxygen atoms in total. The summed E-state index contributed by atoms with van der Waals surface area (Å²) in [6.07, 6.45) is 4.31. The summed E-state index contributed by atoms with van der Waals surface area (Å²) < 4.78 is 0. The zero-order chi connectivity index (χ0) is 13.9. The minimum absolute atomic E-state index is 0.00764. The van der Waals surface area contributed by atoms with Crippen molar-refractivity contribution in [3.8, 4) is 0 Å². The smallest absolute Gasteiger partial charge is 0.274 e. The van der Waals surface area contributed by atoms with Gasteiger partial charge in [-0.25, -0.2) is 0 Å². The van der Waals surface area contributed by atoms with E-state index >= 15 is 0 Å². The molecule has 0 spiro atoms. The lowest BCUT2D eigenvalue weighted by atomic mass is 9.95. The van der Waals surface area contributed by atoms with Crippen LogP contribution in [0.15, 0.2) is 30.3 Å². The average molecular weight is 269 g/mol. The molecule has 0 atom stereocenters. The van der Waals surface area contributed by atoms with Crippen molar-refractivity contribution in [2.24, 2.45) is 0 Å². The molecule has 0 saturated heterocycles. The zero-order valence-corrected chi connectivity index (χ0v) is 11.7. The van der Waals surface area contributed by atoms with Gasteiger partial charge in [0.2, 0.25) is 0 Å². The maximum absolute atomic E-state index is 12.5. The highest BCUT2D eigenvalue weighted by Crippen LogP contribution is 2.23. The van der Waals surface area contributed by atoms with Crippen LogP contribution in [0.3, 0.4) is 0 Å². The fraction of sp³-hybridized carbons (Fsp3) is 0.375. The van der Waals surface area contributed by atoms with Crippen LogP contribution in [-0.4, -0.2) is 28.1 Å². The molecule has 4 heteroatoms. The Balaban J connectivity index is 1.77. The molecule has 0 saturated carbocycles. The molecular formula is C16H19N3O. The molecule has 104 valence electrons. The quantitative estimate of drug-likeness (QED) is 0.931. The summed E-state index contributed by atoms with van der Waals surface area (Å²) in [5, 5.41) is 7.27. The monoisotopic (exact) mass is 269 g/mol. The number of H-pyrrole nitrogens is 1. The van der Waals surface area contributed by atoms with Gasteiger partial charge < -0.3 is 4.90 Å². The number of aromatic nitrogens is 2. The van der Waals surface area contributed by atoms with Crippen LogP contribution in [0.2, 0.25) is 0 Å². The third-order valence-corrected chi connectivity index (χ3v) is 3.87. The van der Waals surface area contributed by atoms with E-state index in [0.29, 0.717) is 12.2 Å². The summed E-state index contributed by atoms with van der Waals surface area (Å²) in [4.78, 5) is 14.3. The van der Waals surface area contributed by atoms with Crippen molar-refractivity contribution in [1.29, 1.82) is 0 Å². The van der Waals surface area contributed by atoms with Gasteiger partial charge in [-0.3, -0.25) is 9.89 Å². The zero-order valence-electron chi connectivity index (χ0n) is 11.7. The topological polar surface area (TPSA) is 49.0 Å². The Kier molecular flexibility index (Phi) is 3.54. The predicted molar refractivity (Wildman–Crippen MR) is 77.5 cm³/mol. The first-order valence-electron chi connectivity index (χ1n) is 7.11. The highest BCUT2D eigenvalue weighted by Gasteiger charge is 2.23. The summed E-state index contributed by atoms with van der Waals surface area (Å²) in [7, 11) is 1.83. The van der Waals surface area contributed by atoms with Gasteiger partial charge in [0.25, 0.3) is 5.91 Å². The van der Waals surface area contributed by atoms with E-state index in [1.807, 2.05) is 37.4 Å². The Morgan fingerprint density at radius 3 is 2.80 bits per heavy atom. The summed E-state index contributed by atoms with van der Waals surface area (Å²) in [5.41, 5.74) is 4.01. The molecule has 1 aliphatic carbocycles. The van der Waals surface area contributed by atoms with Crippen molar-refractivity contribution in [1.82, 2.24) is 15.1 Å². The first-order valence-corrected chi connectivity index (χ1v) is 7.11. The van der Waals surface area contributed by atoms with Gasteiger partial charge >= 0.3 is 0 Å². The highest BCUT2D eigenvalue weighted by molar-refractivity contribution is 5.93. The standard InChI is InChI=1S/C16H19N3O/c1-19(11-12-7-3-2-4-8-12)16(20)15-13-9-5-6-10-14(13)17-18-15/h2-4,7-8H,5-6,9-11H2,1H3,(H,17,18). The van der Waals surface area contributed by atoms with E-state index in [1.54, 1.807) is 4.90 Å². The molecule has 1 aromatic heterocycles. The lowest BCUT2D eigenvalue weighted by Crippen LogP contribution is -2.27. The van der Waals surface area contributed by atoms with Crippen LogP contribution in [-0.2, 0) is 19.4 Å². The molecule has 1 amide bonds. The first-order chi connectivity index (χ1) is 9.75. The molecular weight excluding hydrogens is 250 g/mol. The minimum atomic E-state index is 0.00764. The highest BCUT2D eigenvalue weighted by atomic mass is 16.2. The Labute approximate surface area is 118 Å². The summed E-state index contributed by atoms with van der Waals surface area (Å²) in [5.74, 6) is 0.00764. The third kappa shape index (κ3) is 2.46. The Hall–Kier alpha value is -2.10. The average Bonchev–Trinajstić information content (AvgIpc) is 2.91. The lowest BCUT2D eigenvalue weighted by molar-refractivity contribution is 0.0778.